The summed E-state index contributed by atoms with van der Waals surface area (Å²) < 4.78 is 0. The minimum absolute atomic E-state index is 0.126. The Morgan fingerprint density at radius 1 is 1.24 bits per heavy atom. The summed E-state index contributed by atoms with van der Waals surface area (Å²) in [4.78, 5) is 14.6. The van der Waals surface area contributed by atoms with Gasteiger partial charge in [-0.2, -0.15) is 5.26 Å². The zero-order valence-corrected chi connectivity index (χ0v) is 13.0. The highest BCUT2D eigenvalue weighted by atomic mass is 16.2. The van der Waals surface area contributed by atoms with Gasteiger partial charge in [0, 0.05) is 11.3 Å². The second-order valence-electron chi connectivity index (χ2n) is 5.51. The summed E-state index contributed by atoms with van der Waals surface area (Å²) in [7, 11) is 0. The van der Waals surface area contributed by atoms with E-state index in [1.165, 1.54) is 5.57 Å². The molecule has 2 rings (SSSR count). The Hall–Kier alpha value is -2.08. The molecule has 1 aromatic carbocycles. The molecule has 0 saturated carbocycles. The maximum Gasteiger partial charge on any atom is 0.254 e. The molecule has 3 nitrogen and oxygen atoms in total. The SMILES string of the molecule is CCCCC1C(C)=C(CC)C(=O)N1c1ccc(C#N)cc1. The molecule has 1 aromatic rings. The summed E-state index contributed by atoms with van der Waals surface area (Å²) >= 11 is 0. The van der Waals surface area contributed by atoms with Crippen molar-refractivity contribution >= 4 is 11.6 Å². The first-order chi connectivity index (χ1) is 10.1. The molecule has 0 aromatic heterocycles. The van der Waals surface area contributed by atoms with Crippen LogP contribution in [0.1, 0.15) is 52.0 Å². The number of unbranched alkanes of at least 4 members (excludes halogenated alkanes) is 1. The molecule has 1 aliphatic heterocycles. The number of hydrogen-bond donors (Lipinski definition) is 0. The summed E-state index contributed by atoms with van der Waals surface area (Å²) in [5.41, 5.74) is 3.67. The van der Waals surface area contributed by atoms with E-state index in [0.717, 1.165) is 36.9 Å². The van der Waals surface area contributed by atoms with Crippen molar-refractivity contribution in [3.8, 4) is 6.07 Å². The molecular weight excluding hydrogens is 260 g/mol. The maximum absolute atomic E-state index is 12.7. The van der Waals surface area contributed by atoms with E-state index < -0.39 is 0 Å². The monoisotopic (exact) mass is 282 g/mol. The average molecular weight is 282 g/mol. The molecule has 0 aliphatic carbocycles. The van der Waals surface area contributed by atoms with Gasteiger partial charge in [-0.25, -0.2) is 0 Å². The van der Waals surface area contributed by atoms with Gasteiger partial charge in [0.05, 0.1) is 17.7 Å². The maximum atomic E-state index is 12.7. The molecule has 0 fully saturated rings. The molecule has 0 saturated heterocycles. The number of amides is 1. The Balaban J connectivity index is 2.35. The van der Waals surface area contributed by atoms with Crippen LogP contribution in [0.15, 0.2) is 35.4 Å². The predicted octanol–water partition coefficient (Wildman–Crippen LogP) is 4.19. The van der Waals surface area contributed by atoms with E-state index in [1.54, 1.807) is 12.1 Å². The lowest BCUT2D eigenvalue weighted by molar-refractivity contribution is -0.114. The van der Waals surface area contributed by atoms with E-state index >= 15 is 0 Å². The third kappa shape index (κ3) is 2.85. The molecule has 21 heavy (non-hydrogen) atoms. The number of anilines is 1. The molecule has 1 atom stereocenters. The summed E-state index contributed by atoms with van der Waals surface area (Å²) in [5, 5.41) is 8.90. The van der Waals surface area contributed by atoms with Crippen molar-refractivity contribution in [3.63, 3.8) is 0 Å². The summed E-state index contributed by atoms with van der Waals surface area (Å²) in [6, 6.07) is 9.59. The second-order valence-corrected chi connectivity index (χ2v) is 5.51. The summed E-state index contributed by atoms with van der Waals surface area (Å²) in [5.74, 6) is 0.126. The zero-order valence-electron chi connectivity index (χ0n) is 13.0. The van der Waals surface area contributed by atoms with Gasteiger partial charge < -0.3 is 4.90 Å². The molecule has 1 unspecified atom stereocenters. The largest absolute Gasteiger partial charge is 0.301 e. The number of nitriles is 1. The third-order valence-corrected chi connectivity index (χ3v) is 4.22. The standard InChI is InChI=1S/C18H22N2O/c1-4-6-7-17-13(3)16(5-2)18(21)20(17)15-10-8-14(12-19)9-11-15/h8-11,17H,4-7H2,1-3H3. The molecule has 1 heterocycles. The highest BCUT2D eigenvalue weighted by molar-refractivity contribution is 6.10. The molecule has 0 bridgehead atoms. The molecule has 3 heteroatoms. The molecule has 1 amide bonds. The molecule has 1 aliphatic rings. The van der Waals surface area contributed by atoms with Crippen LogP contribution in [0.2, 0.25) is 0 Å². The second kappa shape index (κ2) is 6.58. The highest BCUT2D eigenvalue weighted by Crippen LogP contribution is 2.34. The first kappa shape index (κ1) is 15.3. The number of nitrogens with zero attached hydrogens (tertiary/aromatic N) is 2. The van der Waals surface area contributed by atoms with Gasteiger partial charge in [-0.1, -0.05) is 26.7 Å². The third-order valence-electron chi connectivity index (χ3n) is 4.22. The van der Waals surface area contributed by atoms with Gasteiger partial charge in [0.2, 0.25) is 0 Å². The highest BCUT2D eigenvalue weighted by Gasteiger charge is 2.36. The van der Waals surface area contributed by atoms with Crippen LogP contribution in [0.5, 0.6) is 0 Å². The minimum atomic E-state index is 0.126. The Kier molecular flexibility index (Phi) is 4.80. The molecule has 0 spiro atoms. The summed E-state index contributed by atoms with van der Waals surface area (Å²) in [6.07, 6.45) is 4.01. The Morgan fingerprint density at radius 2 is 1.90 bits per heavy atom. The first-order valence-electron chi connectivity index (χ1n) is 7.67. The van der Waals surface area contributed by atoms with Gasteiger partial charge >= 0.3 is 0 Å². The van der Waals surface area contributed by atoms with Gasteiger partial charge in [0.1, 0.15) is 0 Å². The van der Waals surface area contributed by atoms with E-state index in [4.69, 9.17) is 5.26 Å². The van der Waals surface area contributed by atoms with Crippen molar-refractivity contribution < 1.29 is 4.79 Å². The van der Waals surface area contributed by atoms with E-state index in [0.29, 0.717) is 5.56 Å². The van der Waals surface area contributed by atoms with Crippen LogP contribution in [0, 0.1) is 11.3 Å². The van der Waals surface area contributed by atoms with Crippen molar-refractivity contribution in [2.45, 2.75) is 52.5 Å². The van der Waals surface area contributed by atoms with Gasteiger partial charge in [-0.3, -0.25) is 4.79 Å². The Bertz CT molecular complexity index is 593. The van der Waals surface area contributed by atoms with E-state index in [2.05, 4.69) is 19.9 Å². The van der Waals surface area contributed by atoms with Crippen LogP contribution >= 0.6 is 0 Å². The van der Waals surface area contributed by atoms with E-state index in [-0.39, 0.29) is 11.9 Å². The number of hydrogen-bond acceptors (Lipinski definition) is 2. The van der Waals surface area contributed by atoms with E-state index in [9.17, 15) is 4.79 Å². The van der Waals surface area contributed by atoms with Crippen molar-refractivity contribution in [2.75, 3.05) is 4.90 Å². The lowest BCUT2D eigenvalue weighted by Gasteiger charge is -2.26. The van der Waals surface area contributed by atoms with Crippen LogP contribution in [0.25, 0.3) is 0 Å². The number of carbonyl (C=O) groups excluding carboxylic acids is 1. The van der Waals surface area contributed by atoms with E-state index in [1.807, 2.05) is 24.0 Å². The van der Waals surface area contributed by atoms with Crippen molar-refractivity contribution in [1.82, 2.24) is 0 Å². The zero-order chi connectivity index (χ0) is 15.4. The van der Waals surface area contributed by atoms with Crippen LogP contribution in [0.3, 0.4) is 0 Å². The van der Waals surface area contributed by atoms with Crippen molar-refractivity contribution in [3.05, 3.63) is 41.0 Å². The van der Waals surface area contributed by atoms with Crippen LogP contribution in [0.4, 0.5) is 5.69 Å². The average Bonchev–Trinajstić information content (AvgIpc) is 2.75. The van der Waals surface area contributed by atoms with Gasteiger partial charge in [0.25, 0.3) is 5.91 Å². The lowest BCUT2D eigenvalue weighted by Crippen LogP contribution is -2.35. The number of benzene rings is 1. The topological polar surface area (TPSA) is 44.1 Å². The molecular formula is C18H22N2O. The lowest BCUT2D eigenvalue weighted by atomic mass is 10.0. The van der Waals surface area contributed by atoms with Crippen LogP contribution < -0.4 is 4.90 Å². The fourth-order valence-electron chi connectivity index (χ4n) is 3.02. The molecule has 0 radical (unpaired) electrons. The molecule has 0 N–H and O–H groups in total. The smallest absolute Gasteiger partial charge is 0.254 e. The Labute approximate surface area is 126 Å². The van der Waals surface area contributed by atoms with Crippen LogP contribution in [-0.2, 0) is 4.79 Å². The van der Waals surface area contributed by atoms with Gasteiger partial charge in [-0.05, 0) is 49.6 Å². The number of rotatable bonds is 5. The fraction of sp³-hybridized carbons (Fsp3) is 0.444. The predicted molar refractivity (Wildman–Crippen MR) is 84.9 cm³/mol. The van der Waals surface area contributed by atoms with Gasteiger partial charge in [-0.15, -0.1) is 0 Å². The number of carbonyl (C=O) groups is 1. The quantitative estimate of drug-likeness (QED) is 0.812. The fourth-order valence-corrected chi connectivity index (χ4v) is 3.02. The Morgan fingerprint density at radius 3 is 2.43 bits per heavy atom. The molecule has 110 valence electrons. The first-order valence-corrected chi connectivity index (χ1v) is 7.67. The van der Waals surface area contributed by atoms with Crippen LogP contribution in [-0.4, -0.2) is 11.9 Å². The van der Waals surface area contributed by atoms with Crippen molar-refractivity contribution in [1.29, 1.82) is 5.26 Å². The van der Waals surface area contributed by atoms with Crippen molar-refractivity contribution in [2.24, 2.45) is 0 Å². The minimum Gasteiger partial charge on any atom is -0.301 e. The normalized spacial score (nSPS) is 18.3. The van der Waals surface area contributed by atoms with Gasteiger partial charge in [0.15, 0.2) is 0 Å². The summed E-state index contributed by atoms with van der Waals surface area (Å²) in [6.45, 7) is 6.29.